The van der Waals surface area contributed by atoms with Crippen LogP contribution in [0.2, 0.25) is 0 Å². The first-order valence-corrected chi connectivity index (χ1v) is 5.62. The van der Waals surface area contributed by atoms with Gasteiger partial charge in [0.2, 0.25) is 0 Å². The summed E-state index contributed by atoms with van der Waals surface area (Å²) in [5, 5.41) is 3.25. The van der Waals surface area contributed by atoms with Crippen molar-refractivity contribution in [3.63, 3.8) is 0 Å². The molecule has 2 aromatic rings. The monoisotopic (exact) mass is 247 g/mol. The Hall–Kier alpha value is -1.95. The highest BCUT2D eigenvalue weighted by molar-refractivity contribution is 7.80. The van der Waals surface area contributed by atoms with Crippen LogP contribution in [0.15, 0.2) is 37.1 Å². The summed E-state index contributed by atoms with van der Waals surface area (Å²) < 4.78 is 2.00. The van der Waals surface area contributed by atoms with E-state index in [4.69, 9.17) is 18.0 Å². The lowest BCUT2D eigenvalue weighted by Gasteiger charge is -2.07. The van der Waals surface area contributed by atoms with E-state index in [1.165, 1.54) is 0 Å². The number of imidazole rings is 1. The van der Waals surface area contributed by atoms with Gasteiger partial charge in [0, 0.05) is 25.5 Å². The van der Waals surface area contributed by atoms with Crippen LogP contribution in [0.1, 0.15) is 5.69 Å². The van der Waals surface area contributed by atoms with Crippen molar-refractivity contribution < 1.29 is 0 Å². The van der Waals surface area contributed by atoms with E-state index in [2.05, 4.69) is 15.3 Å². The van der Waals surface area contributed by atoms with Gasteiger partial charge in [0.25, 0.3) is 0 Å². The number of nitrogens with two attached hydrogens (primary N) is 1. The largest absolute Gasteiger partial charge is 0.388 e. The van der Waals surface area contributed by atoms with Crippen molar-refractivity contribution in [3.05, 3.63) is 42.7 Å². The fraction of sp³-hybridized carbons (Fsp3) is 0.182. The number of anilines is 1. The van der Waals surface area contributed by atoms with E-state index < -0.39 is 0 Å². The van der Waals surface area contributed by atoms with Crippen LogP contribution in [0.25, 0.3) is 0 Å². The highest BCUT2D eigenvalue weighted by atomic mass is 32.1. The van der Waals surface area contributed by atoms with Crippen LogP contribution in [-0.4, -0.2) is 26.1 Å². The van der Waals surface area contributed by atoms with Gasteiger partial charge in [-0.15, -0.1) is 0 Å². The Labute approximate surface area is 105 Å². The molecule has 0 atom stereocenters. The normalized spacial score (nSPS) is 10.1. The van der Waals surface area contributed by atoms with Gasteiger partial charge in [-0.05, 0) is 12.1 Å². The molecule has 0 aromatic carbocycles. The Morgan fingerprint density at radius 1 is 1.47 bits per heavy atom. The molecule has 0 radical (unpaired) electrons. The molecule has 0 amide bonds. The van der Waals surface area contributed by atoms with Crippen molar-refractivity contribution in [2.45, 2.75) is 6.54 Å². The smallest absolute Gasteiger partial charge is 0.122 e. The Kier molecular flexibility index (Phi) is 3.66. The summed E-state index contributed by atoms with van der Waals surface area (Å²) in [4.78, 5) is 8.43. The number of pyridine rings is 1. The summed E-state index contributed by atoms with van der Waals surface area (Å²) in [6, 6.07) is 3.72. The van der Waals surface area contributed by atoms with E-state index in [0.717, 1.165) is 18.8 Å². The summed E-state index contributed by atoms with van der Waals surface area (Å²) in [7, 11) is 0. The molecule has 2 aromatic heterocycles. The van der Waals surface area contributed by atoms with Crippen molar-refractivity contribution in [1.29, 1.82) is 0 Å². The second kappa shape index (κ2) is 5.40. The zero-order valence-corrected chi connectivity index (χ0v) is 10.0. The van der Waals surface area contributed by atoms with Gasteiger partial charge in [-0.3, -0.25) is 4.98 Å². The third-order valence-electron chi connectivity index (χ3n) is 2.27. The van der Waals surface area contributed by atoms with Gasteiger partial charge in [-0.2, -0.15) is 0 Å². The minimum absolute atomic E-state index is 0.315. The predicted octanol–water partition coefficient (Wildman–Crippen LogP) is 1.02. The number of nitrogens with zero attached hydrogens (tertiary/aromatic N) is 3. The number of hydrogen-bond acceptors (Lipinski definition) is 4. The van der Waals surface area contributed by atoms with Crippen molar-refractivity contribution in [2.24, 2.45) is 5.73 Å². The topological polar surface area (TPSA) is 68.8 Å². The minimum Gasteiger partial charge on any atom is -0.388 e. The minimum atomic E-state index is 0.315. The standard InChI is InChI=1S/C11H13N5S/c12-11(17)10-2-1-9(7-15-10)14-4-6-16-5-3-13-8-16/h1-3,5,7-8,14H,4,6H2,(H2,12,17). The van der Waals surface area contributed by atoms with Gasteiger partial charge in [0.1, 0.15) is 4.99 Å². The van der Waals surface area contributed by atoms with Crippen molar-refractivity contribution in [1.82, 2.24) is 14.5 Å². The molecule has 5 nitrogen and oxygen atoms in total. The molecule has 0 saturated heterocycles. The molecule has 0 unspecified atom stereocenters. The van der Waals surface area contributed by atoms with Crippen LogP contribution in [0.3, 0.4) is 0 Å². The third-order valence-corrected chi connectivity index (χ3v) is 2.48. The predicted molar refractivity (Wildman–Crippen MR) is 70.8 cm³/mol. The van der Waals surface area contributed by atoms with Crippen LogP contribution in [0.5, 0.6) is 0 Å². The second-order valence-electron chi connectivity index (χ2n) is 3.52. The molecule has 6 heteroatoms. The summed E-state index contributed by atoms with van der Waals surface area (Å²) in [5.41, 5.74) is 7.05. The number of nitrogens with one attached hydrogen (secondary N) is 1. The van der Waals surface area contributed by atoms with E-state index in [0.29, 0.717) is 10.7 Å². The van der Waals surface area contributed by atoms with Crippen molar-refractivity contribution in [2.75, 3.05) is 11.9 Å². The summed E-state index contributed by atoms with van der Waals surface area (Å²) in [6.07, 6.45) is 7.20. The Bertz CT molecular complexity index is 477. The fourth-order valence-electron chi connectivity index (χ4n) is 1.39. The Morgan fingerprint density at radius 3 is 2.94 bits per heavy atom. The van der Waals surface area contributed by atoms with E-state index in [1.807, 2.05) is 22.9 Å². The molecule has 2 rings (SSSR count). The molecule has 0 fully saturated rings. The van der Waals surface area contributed by atoms with E-state index in [9.17, 15) is 0 Å². The first kappa shape index (κ1) is 11.5. The first-order valence-electron chi connectivity index (χ1n) is 5.21. The van der Waals surface area contributed by atoms with Gasteiger partial charge < -0.3 is 15.6 Å². The molecule has 0 spiro atoms. The lowest BCUT2D eigenvalue weighted by atomic mass is 10.3. The first-order chi connectivity index (χ1) is 8.25. The molecule has 0 aliphatic carbocycles. The second-order valence-corrected chi connectivity index (χ2v) is 3.96. The van der Waals surface area contributed by atoms with Crippen molar-refractivity contribution in [3.8, 4) is 0 Å². The molecule has 2 heterocycles. The lowest BCUT2D eigenvalue weighted by Crippen LogP contribution is -2.12. The number of rotatable bonds is 5. The zero-order chi connectivity index (χ0) is 12.1. The molecule has 88 valence electrons. The van der Waals surface area contributed by atoms with Gasteiger partial charge in [-0.1, -0.05) is 12.2 Å². The van der Waals surface area contributed by atoms with E-state index in [-0.39, 0.29) is 0 Å². The molecule has 0 aliphatic heterocycles. The highest BCUT2D eigenvalue weighted by Crippen LogP contribution is 2.05. The number of hydrogen-bond donors (Lipinski definition) is 2. The molecule has 0 aliphatic rings. The molecule has 17 heavy (non-hydrogen) atoms. The summed E-state index contributed by atoms with van der Waals surface area (Å²) in [6.45, 7) is 1.67. The van der Waals surface area contributed by atoms with Gasteiger partial charge in [-0.25, -0.2) is 4.98 Å². The van der Waals surface area contributed by atoms with E-state index in [1.54, 1.807) is 18.7 Å². The summed E-state index contributed by atoms with van der Waals surface area (Å²) in [5.74, 6) is 0. The third kappa shape index (κ3) is 3.25. The van der Waals surface area contributed by atoms with Crippen LogP contribution >= 0.6 is 12.2 Å². The number of thiocarbonyl (C=S) groups is 1. The van der Waals surface area contributed by atoms with Crippen LogP contribution in [-0.2, 0) is 6.54 Å². The quantitative estimate of drug-likeness (QED) is 0.772. The zero-order valence-electron chi connectivity index (χ0n) is 9.21. The maximum atomic E-state index is 5.47. The maximum absolute atomic E-state index is 5.47. The van der Waals surface area contributed by atoms with Crippen LogP contribution in [0, 0.1) is 0 Å². The average molecular weight is 247 g/mol. The molecule has 0 bridgehead atoms. The molecule has 3 N–H and O–H groups in total. The Balaban J connectivity index is 1.85. The number of aromatic nitrogens is 3. The maximum Gasteiger partial charge on any atom is 0.122 e. The SMILES string of the molecule is NC(=S)c1ccc(NCCn2ccnc2)cn1. The highest BCUT2D eigenvalue weighted by Gasteiger charge is 1.97. The van der Waals surface area contributed by atoms with Gasteiger partial charge >= 0.3 is 0 Å². The van der Waals surface area contributed by atoms with E-state index >= 15 is 0 Å². The average Bonchev–Trinajstić information content (AvgIpc) is 2.83. The fourth-order valence-corrected chi connectivity index (χ4v) is 1.51. The summed E-state index contributed by atoms with van der Waals surface area (Å²) >= 11 is 4.83. The van der Waals surface area contributed by atoms with Crippen LogP contribution < -0.4 is 11.1 Å². The Morgan fingerprint density at radius 2 is 2.35 bits per heavy atom. The lowest BCUT2D eigenvalue weighted by molar-refractivity contribution is 0.727. The molecule has 0 saturated carbocycles. The van der Waals surface area contributed by atoms with Gasteiger partial charge in [0.15, 0.2) is 0 Å². The van der Waals surface area contributed by atoms with Gasteiger partial charge in [0.05, 0.1) is 23.9 Å². The van der Waals surface area contributed by atoms with Crippen molar-refractivity contribution >= 4 is 22.9 Å². The van der Waals surface area contributed by atoms with Crippen LogP contribution in [0.4, 0.5) is 5.69 Å². The molecular weight excluding hydrogens is 234 g/mol. The molecular formula is C11H13N5S.